The van der Waals surface area contributed by atoms with Crippen molar-refractivity contribution >= 4 is 35.1 Å². The van der Waals surface area contributed by atoms with Crippen LogP contribution in [0.25, 0.3) is 0 Å². The fourth-order valence-electron chi connectivity index (χ4n) is 0.768. The summed E-state index contributed by atoms with van der Waals surface area (Å²) >= 11 is 10.9. The third kappa shape index (κ3) is 2.01. The fraction of sp³-hybridized carbons (Fsp3) is 0.667. The van der Waals surface area contributed by atoms with Gasteiger partial charge in [-0.2, -0.15) is 0 Å². The number of carbonyl (C=O) groups excluding carboxylic acids is 1. The quantitative estimate of drug-likeness (QED) is 0.501. The van der Waals surface area contributed by atoms with E-state index >= 15 is 0 Å². The van der Waals surface area contributed by atoms with Gasteiger partial charge in [-0.25, -0.2) is 9.79 Å². The number of ether oxygens (including phenoxy) is 2. The Hall–Kier alpha value is -0.480. The molecule has 0 N–H and O–H groups in total. The summed E-state index contributed by atoms with van der Waals surface area (Å²) in [6.45, 7) is 0.220. The molecule has 68 valence electrons. The lowest BCUT2D eigenvalue weighted by Gasteiger charge is -2.08. The van der Waals surface area contributed by atoms with Crippen LogP contribution in [0.15, 0.2) is 4.99 Å². The Morgan fingerprint density at radius 3 is 2.92 bits per heavy atom. The van der Waals surface area contributed by atoms with Crippen molar-refractivity contribution in [2.24, 2.45) is 4.99 Å². The lowest BCUT2D eigenvalue weighted by atomic mass is 10.4. The number of hydrogen-bond donors (Lipinski definition) is 0. The number of nitrogens with zero attached hydrogens (tertiary/aromatic N) is 1. The molecule has 0 saturated carbocycles. The Morgan fingerprint density at radius 1 is 1.83 bits per heavy atom. The summed E-state index contributed by atoms with van der Waals surface area (Å²) in [7, 11) is 1.28. The molecule has 1 aliphatic rings. The number of esters is 1. The number of hydrogen-bond acceptors (Lipinski definition) is 4. The predicted octanol–water partition coefficient (Wildman–Crippen LogP) is 0.760. The number of aliphatic imine (C=N–C) groups is 1. The van der Waals surface area contributed by atoms with Crippen LogP contribution in [-0.2, 0) is 14.3 Å². The molecule has 1 unspecified atom stereocenters. The SMILES string of the molecule is COC(=O)C1CN=C(C(Cl)Cl)O1. The third-order valence-corrected chi connectivity index (χ3v) is 1.70. The maximum absolute atomic E-state index is 10.9. The molecule has 1 aliphatic heterocycles. The fourth-order valence-corrected chi connectivity index (χ4v) is 1.01. The average Bonchev–Trinajstić information content (AvgIpc) is 2.51. The number of rotatable bonds is 2. The lowest BCUT2D eigenvalue weighted by molar-refractivity contribution is -0.148. The van der Waals surface area contributed by atoms with E-state index < -0.39 is 16.9 Å². The Balaban J connectivity index is 2.47. The van der Waals surface area contributed by atoms with E-state index in [9.17, 15) is 4.79 Å². The third-order valence-electron chi connectivity index (χ3n) is 1.33. The highest BCUT2D eigenvalue weighted by Crippen LogP contribution is 2.14. The Morgan fingerprint density at radius 2 is 2.50 bits per heavy atom. The van der Waals surface area contributed by atoms with Gasteiger partial charge in [-0.3, -0.25) is 0 Å². The molecular formula is C6H7Cl2NO3. The highest BCUT2D eigenvalue weighted by molar-refractivity contribution is 6.53. The number of alkyl halides is 2. The second kappa shape index (κ2) is 3.96. The van der Waals surface area contributed by atoms with Crippen molar-refractivity contribution in [3.63, 3.8) is 0 Å². The van der Waals surface area contributed by atoms with Crippen molar-refractivity contribution < 1.29 is 14.3 Å². The van der Waals surface area contributed by atoms with E-state index in [0.29, 0.717) is 0 Å². The first-order chi connectivity index (χ1) is 5.65. The van der Waals surface area contributed by atoms with Crippen LogP contribution < -0.4 is 0 Å². The van der Waals surface area contributed by atoms with Gasteiger partial charge in [-0.05, 0) is 0 Å². The maximum Gasteiger partial charge on any atom is 0.349 e. The summed E-state index contributed by atoms with van der Waals surface area (Å²) in [6, 6.07) is 0. The minimum absolute atomic E-state index is 0.175. The van der Waals surface area contributed by atoms with Gasteiger partial charge >= 0.3 is 5.97 Å². The van der Waals surface area contributed by atoms with Crippen LogP contribution in [0.1, 0.15) is 0 Å². The van der Waals surface area contributed by atoms with Gasteiger partial charge < -0.3 is 9.47 Å². The smallest absolute Gasteiger partial charge is 0.349 e. The summed E-state index contributed by atoms with van der Waals surface area (Å²) in [5.41, 5.74) is 0. The van der Waals surface area contributed by atoms with Crippen molar-refractivity contribution in [1.82, 2.24) is 0 Å². The van der Waals surface area contributed by atoms with Crippen LogP contribution in [0.4, 0.5) is 0 Å². The number of methoxy groups -OCH3 is 1. The highest BCUT2D eigenvalue weighted by Gasteiger charge is 2.30. The standard InChI is InChI=1S/C6H7Cl2NO3/c1-11-6(10)3-2-9-5(12-3)4(7)8/h3-4H,2H2,1H3. The molecule has 0 aromatic heterocycles. The average molecular weight is 212 g/mol. The van der Waals surface area contributed by atoms with Crippen LogP contribution in [0.2, 0.25) is 0 Å². The Kier molecular flexibility index (Phi) is 3.17. The molecule has 0 aromatic rings. The van der Waals surface area contributed by atoms with E-state index in [1.807, 2.05) is 0 Å². The molecule has 0 bridgehead atoms. The van der Waals surface area contributed by atoms with Gasteiger partial charge in [-0.15, -0.1) is 0 Å². The topological polar surface area (TPSA) is 47.9 Å². The van der Waals surface area contributed by atoms with Crippen LogP contribution in [0, 0.1) is 0 Å². The van der Waals surface area contributed by atoms with E-state index in [4.69, 9.17) is 27.9 Å². The van der Waals surface area contributed by atoms with Crippen LogP contribution in [0.5, 0.6) is 0 Å². The molecule has 12 heavy (non-hydrogen) atoms. The maximum atomic E-state index is 10.9. The molecule has 1 heterocycles. The number of carbonyl (C=O) groups is 1. The van der Waals surface area contributed by atoms with Crippen LogP contribution in [-0.4, -0.2) is 36.5 Å². The largest absolute Gasteiger partial charge is 0.466 e. The molecular weight excluding hydrogens is 205 g/mol. The Bertz CT molecular complexity index is 217. The van der Waals surface area contributed by atoms with E-state index in [2.05, 4.69) is 9.73 Å². The first kappa shape index (κ1) is 9.61. The van der Waals surface area contributed by atoms with Gasteiger partial charge in [0.15, 0.2) is 4.84 Å². The highest BCUT2D eigenvalue weighted by atomic mass is 35.5. The zero-order valence-electron chi connectivity index (χ0n) is 6.29. The van der Waals surface area contributed by atoms with E-state index in [1.165, 1.54) is 7.11 Å². The molecule has 0 radical (unpaired) electrons. The molecule has 1 rings (SSSR count). The summed E-state index contributed by atoms with van der Waals surface area (Å²) in [4.78, 5) is 13.9. The van der Waals surface area contributed by atoms with Crippen molar-refractivity contribution in [1.29, 1.82) is 0 Å². The molecule has 0 spiro atoms. The van der Waals surface area contributed by atoms with Crippen molar-refractivity contribution in [2.75, 3.05) is 13.7 Å². The van der Waals surface area contributed by atoms with Gasteiger partial charge in [-0.1, -0.05) is 23.2 Å². The molecule has 0 aromatic carbocycles. The molecule has 4 nitrogen and oxygen atoms in total. The van der Waals surface area contributed by atoms with Crippen LogP contribution in [0.3, 0.4) is 0 Å². The molecule has 6 heteroatoms. The summed E-state index contributed by atoms with van der Waals surface area (Å²) < 4.78 is 9.43. The second-order valence-corrected chi connectivity index (χ2v) is 3.21. The van der Waals surface area contributed by atoms with Crippen LogP contribution >= 0.6 is 23.2 Å². The Labute approximate surface area is 79.4 Å². The van der Waals surface area contributed by atoms with Crippen molar-refractivity contribution in [3.8, 4) is 0 Å². The first-order valence-corrected chi connectivity index (χ1v) is 4.09. The van der Waals surface area contributed by atoms with E-state index in [1.54, 1.807) is 0 Å². The monoisotopic (exact) mass is 211 g/mol. The summed E-state index contributed by atoms with van der Waals surface area (Å²) in [5, 5.41) is 0. The molecule has 0 aliphatic carbocycles. The van der Waals surface area contributed by atoms with Gasteiger partial charge in [0.2, 0.25) is 12.0 Å². The zero-order valence-corrected chi connectivity index (χ0v) is 7.80. The number of halogens is 2. The zero-order chi connectivity index (χ0) is 9.14. The molecule has 1 atom stereocenters. The summed E-state index contributed by atoms with van der Waals surface area (Å²) in [6.07, 6.45) is -0.690. The normalized spacial score (nSPS) is 22.0. The van der Waals surface area contributed by atoms with E-state index in [-0.39, 0.29) is 12.4 Å². The molecule has 0 fully saturated rings. The molecule has 0 saturated heterocycles. The minimum Gasteiger partial charge on any atom is -0.466 e. The van der Waals surface area contributed by atoms with Gasteiger partial charge in [0.25, 0.3) is 0 Å². The van der Waals surface area contributed by atoms with E-state index in [0.717, 1.165) is 0 Å². The van der Waals surface area contributed by atoms with Crippen molar-refractivity contribution in [2.45, 2.75) is 10.9 Å². The lowest BCUT2D eigenvalue weighted by Crippen LogP contribution is -2.26. The van der Waals surface area contributed by atoms with Gasteiger partial charge in [0.1, 0.15) is 0 Å². The van der Waals surface area contributed by atoms with Gasteiger partial charge in [0, 0.05) is 0 Å². The molecule has 0 amide bonds. The minimum atomic E-state index is -0.820. The summed E-state index contributed by atoms with van der Waals surface area (Å²) in [5.74, 6) is -0.295. The first-order valence-electron chi connectivity index (χ1n) is 3.22. The second-order valence-electron chi connectivity index (χ2n) is 2.11. The predicted molar refractivity (Wildman–Crippen MR) is 44.7 cm³/mol. The van der Waals surface area contributed by atoms with Gasteiger partial charge in [0.05, 0.1) is 13.7 Å². The van der Waals surface area contributed by atoms with Crippen molar-refractivity contribution in [3.05, 3.63) is 0 Å².